The Hall–Kier alpha value is -2.14. The fraction of sp³-hybridized carbons (Fsp3) is 0.350. The first kappa shape index (κ1) is 19.2. The topological polar surface area (TPSA) is 66.8 Å². The fourth-order valence-electron chi connectivity index (χ4n) is 2.71. The zero-order valence-electron chi connectivity index (χ0n) is 14.8. The summed E-state index contributed by atoms with van der Waals surface area (Å²) in [5.74, 6) is -0.107. The van der Waals surface area contributed by atoms with E-state index in [9.17, 15) is 15.0 Å². The Morgan fingerprint density at radius 1 is 1.12 bits per heavy atom. The van der Waals surface area contributed by atoms with Crippen LogP contribution >= 0.6 is 11.8 Å². The Kier molecular flexibility index (Phi) is 6.37. The number of esters is 1. The molecule has 4 nitrogen and oxygen atoms in total. The molecule has 134 valence electrons. The quantitative estimate of drug-likeness (QED) is 0.690. The minimum atomic E-state index is -0.336. The molecule has 25 heavy (non-hydrogen) atoms. The molecule has 0 spiro atoms. The van der Waals surface area contributed by atoms with Crippen LogP contribution in [0.3, 0.4) is 0 Å². The van der Waals surface area contributed by atoms with Crippen LogP contribution in [0.25, 0.3) is 0 Å². The predicted octanol–water partition coefficient (Wildman–Crippen LogP) is 4.87. The van der Waals surface area contributed by atoms with E-state index in [0.29, 0.717) is 17.7 Å². The Bertz CT molecular complexity index is 726. The Labute approximate surface area is 152 Å². The maximum atomic E-state index is 11.3. The van der Waals surface area contributed by atoms with E-state index in [1.165, 1.54) is 24.9 Å². The number of methoxy groups -OCH3 is 1. The largest absolute Gasteiger partial charge is 0.508 e. The smallest absolute Gasteiger partial charge is 0.305 e. The maximum absolute atomic E-state index is 11.3. The van der Waals surface area contributed by atoms with Gasteiger partial charge in [0.25, 0.3) is 0 Å². The molecule has 0 heterocycles. The predicted molar refractivity (Wildman–Crippen MR) is 99.2 cm³/mol. The molecule has 5 heteroatoms. The first-order chi connectivity index (χ1) is 11.8. The average molecular weight is 360 g/mol. The van der Waals surface area contributed by atoms with Crippen molar-refractivity contribution in [2.45, 2.75) is 48.3 Å². The molecule has 0 saturated heterocycles. The average Bonchev–Trinajstić information content (AvgIpc) is 2.57. The van der Waals surface area contributed by atoms with Gasteiger partial charge in [-0.1, -0.05) is 43.8 Å². The van der Waals surface area contributed by atoms with Crippen molar-refractivity contribution in [1.82, 2.24) is 0 Å². The third-order valence-electron chi connectivity index (χ3n) is 4.19. The molecule has 0 amide bonds. The summed E-state index contributed by atoms with van der Waals surface area (Å²) in [6, 6.07) is 13.0. The minimum absolute atomic E-state index is 0.0560. The second kappa shape index (κ2) is 8.30. The molecule has 2 rings (SSSR count). The van der Waals surface area contributed by atoms with Gasteiger partial charge in [0.1, 0.15) is 11.5 Å². The molecule has 0 aromatic heterocycles. The van der Waals surface area contributed by atoms with E-state index in [1.807, 2.05) is 50.2 Å². The molecule has 0 unspecified atom stereocenters. The summed E-state index contributed by atoms with van der Waals surface area (Å²) >= 11 is 1.45. The van der Waals surface area contributed by atoms with Gasteiger partial charge in [0, 0.05) is 22.9 Å². The number of phenols is 2. The highest BCUT2D eigenvalue weighted by Crippen LogP contribution is 2.43. The Morgan fingerprint density at radius 2 is 1.80 bits per heavy atom. The lowest BCUT2D eigenvalue weighted by molar-refractivity contribution is -0.140. The van der Waals surface area contributed by atoms with E-state index in [0.717, 1.165) is 16.9 Å². The number of aromatic hydroxyl groups is 2. The van der Waals surface area contributed by atoms with Gasteiger partial charge < -0.3 is 14.9 Å². The van der Waals surface area contributed by atoms with Gasteiger partial charge in [0.05, 0.1) is 12.0 Å². The summed E-state index contributed by atoms with van der Waals surface area (Å²) in [6.07, 6.45) is 1.74. The van der Waals surface area contributed by atoms with E-state index in [4.69, 9.17) is 0 Å². The molecule has 2 aromatic carbocycles. The maximum Gasteiger partial charge on any atom is 0.305 e. The van der Waals surface area contributed by atoms with E-state index in [1.54, 1.807) is 0 Å². The van der Waals surface area contributed by atoms with Crippen LogP contribution in [0.2, 0.25) is 0 Å². The van der Waals surface area contributed by atoms with Crippen LogP contribution in [0.1, 0.15) is 38.7 Å². The van der Waals surface area contributed by atoms with Gasteiger partial charge in [0.2, 0.25) is 0 Å². The molecule has 2 aromatic rings. The zero-order valence-corrected chi connectivity index (χ0v) is 15.6. The molecule has 0 saturated carbocycles. The van der Waals surface area contributed by atoms with Gasteiger partial charge in [-0.25, -0.2) is 0 Å². The van der Waals surface area contributed by atoms with Crippen molar-refractivity contribution in [1.29, 1.82) is 0 Å². The number of ether oxygens (including phenoxy) is 1. The standard InChI is InChI=1S/C20H24O4S/c1-20(2,11-7-10-19(23)24-3)15-12-18(17(22)13-16(15)21)25-14-8-5-4-6-9-14/h4-6,8-9,12-13,21-22H,7,10-11H2,1-3H3. The summed E-state index contributed by atoms with van der Waals surface area (Å²) in [7, 11) is 1.38. The molecule has 0 radical (unpaired) electrons. The lowest BCUT2D eigenvalue weighted by atomic mass is 9.79. The Morgan fingerprint density at radius 3 is 2.44 bits per heavy atom. The summed E-state index contributed by atoms with van der Waals surface area (Å²) in [5.41, 5.74) is 0.422. The molecule has 0 atom stereocenters. The number of hydrogen-bond acceptors (Lipinski definition) is 5. The third kappa shape index (κ3) is 5.16. The third-order valence-corrected chi connectivity index (χ3v) is 5.24. The van der Waals surface area contributed by atoms with E-state index in [2.05, 4.69) is 4.74 Å². The van der Waals surface area contributed by atoms with Crippen molar-refractivity contribution in [3.63, 3.8) is 0 Å². The highest BCUT2D eigenvalue weighted by atomic mass is 32.2. The highest BCUT2D eigenvalue weighted by molar-refractivity contribution is 7.99. The summed E-state index contributed by atoms with van der Waals surface area (Å²) in [4.78, 5) is 13.0. The van der Waals surface area contributed by atoms with Crippen molar-refractivity contribution in [2.24, 2.45) is 0 Å². The number of phenolic OH excluding ortho intramolecular Hbond substituents is 2. The number of carbonyl (C=O) groups excluding carboxylic acids is 1. The number of rotatable bonds is 7. The second-order valence-corrected chi connectivity index (χ2v) is 7.68. The second-order valence-electron chi connectivity index (χ2n) is 6.57. The van der Waals surface area contributed by atoms with Crippen LogP contribution in [0, 0.1) is 0 Å². The van der Waals surface area contributed by atoms with Crippen molar-refractivity contribution in [2.75, 3.05) is 7.11 Å². The first-order valence-electron chi connectivity index (χ1n) is 8.19. The molecule has 0 aliphatic heterocycles. The lowest BCUT2D eigenvalue weighted by Gasteiger charge is -2.27. The zero-order chi connectivity index (χ0) is 18.4. The Balaban J connectivity index is 2.21. The van der Waals surface area contributed by atoms with Crippen molar-refractivity contribution >= 4 is 17.7 Å². The summed E-state index contributed by atoms with van der Waals surface area (Å²) in [5, 5.41) is 20.5. The SMILES string of the molecule is COC(=O)CCCC(C)(C)c1cc(Sc2ccccc2)c(O)cc1O. The summed E-state index contributed by atoms with van der Waals surface area (Å²) in [6.45, 7) is 4.04. The molecule has 2 N–H and O–H groups in total. The number of benzene rings is 2. The number of hydrogen-bond donors (Lipinski definition) is 2. The molecule has 0 aliphatic carbocycles. The minimum Gasteiger partial charge on any atom is -0.508 e. The number of carbonyl (C=O) groups is 1. The van der Waals surface area contributed by atoms with Gasteiger partial charge in [0.15, 0.2) is 0 Å². The fourth-order valence-corrected chi connectivity index (χ4v) is 3.60. The van der Waals surface area contributed by atoms with Crippen molar-refractivity contribution in [3.8, 4) is 11.5 Å². The molecule has 0 aliphatic rings. The van der Waals surface area contributed by atoms with Gasteiger partial charge >= 0.3 is 5.97 Å². The first-order valence-corrected chi connectivity index (χ1v) is 9.01. The highest BCUT2D eigenvalue weighted by Gasteiger charge is 2.26. The van der Waals surface area contributed by atoms with Gasteiger partial charge in [-0.15, -0.1) is 0 Å². The van der Waals surface area contributed by atoms with E-state index < -0.39 is 0 Å². The molecular weight excluding hydrogens is 336 g/mol. The van der Waals surface area contributed by atoms with Crippen molar-refractivity contribution < 1.29 is 19.7 Å². The van der Waals surface area contributed by atoms with Crippen LogP contribution in [-0.4, -0.2) is 23.3 Å². The lowest BCUT2D eigenvalue weighted by Crippen LogP contribution is -2.18. The molecule has 0 bridgehead atoms. The monoisotopic (exact) mass is 360 g/mol. The van der Waals surface area contributed by atoms with Crippen LogP contribution < -0.4 is 0 Å². The van der Waals surface area contributed by atoms with Crippen LogP contribution in [-0.2, 0) is 14.9 Å². The van der Waals surface area contributed by atoms with Gasteiger partial charge in [-0.05, 0) is 36.5 Å². The van der Waals surface area contributed by atoms with Crippen LogP contribution in [0.4, 0.5) is 0 Å². The van der Waals surface area contributed by atoms with Gasteiger partial charge in [-0.2, -0.15) is 0 Å². The van der Waals surface area contributed by atoms with E-state index >= 15 is 0 Å². The van der Waals surface area contributed by atoms with Crippen LogP contribution in [0.15, 0.2) is 52.3 Å². The molecule has 0 fully saturated rings. The summed E-state index contributed by atoms with van der Waals surface area (Å²) < 4.78 is 4.67. The van der Waals surface area contributed by atoms with Crippen LogP contribution in [0.5, 0.6) is 11.5 Å². The normalized spacial score (nSPS) is 11.3. The van der Waals surface area contributed by atoms with Crippen molar-refractivity contribution in [3.05, 3.63) is 48.0 Å². The van der Waals surface area contributed by atoms with Gasteiger partial charge in [-0.3, -0.25) is 4.79 Å². The van der Waals surface area contributed by atoms with E-state index in [-0.39, 0.29) is 22.9 Å². The molecular formula is C20H24O4S.